The average Bonchev–Trinajstić information content (AvgIpc) is 2.51. The lowest BCUT2D eigenvalue weighted by atomic mass is 10.0. The van der Waals surface area contributed by atoms with Gasteiger partial charge in [-0.1, -0.05) is 12.1 Å². The fourth-order valence-electron chi connectivity index (χ4n) is 2.60. The second-order valence-electron chi connectivity index (χ2n) is 5.14. The van der Waals surface area contributed by atoms with Gasteiger partial charge in [0.15, 0.2) is 0 Å². The second kappa shape index (κ2) is 5.57. The van der Waals surface area contributed by atoms with Gasteiger partial charge in [-0.2, -0.15) is 0 Å². The maximum Gasteiger partial charge on any atom is 0.408 e. The molecule has 1 aromatic carbocycles. The van der Waals surface area contributed by atoms with E-state index in [1.165, 1.54) is 6.33 Å². The van der Waals surface area contributed by atoms with Crippen molar-refractivity contribution in [2.45, 2.75) is 12.5 Å². The zero-order valence-corrected chi connectivity index (χ0v) is 11.7. The van der Waals surface area contributed by atoms with E-state index in [1.54, 1.807) is 6.20 Å². The SMILES string of the molecule is NN1CCN(C(=O)O)C(Cc2ccc3cncnc3c2)C1=O. The van der Waals surface area contributed by atoms with Crippen molar-refractivity contribution in [3.8, 4) is 0 Å². The summed E-state index contributed by atoms with van der Waals surface area (Å²) in [6.07, 6.45) is 2.29. The van der Waals surface area contributed by atoms with Crippen molar-refractivity contribution < 1.29 is 14.7 Å². The molecule has 0 radical (unpaired) electrons. The summed E-state index contributed by atoms with van der Waals surface area (Å²) >= 11 is 0. The topological polar surface area (TPSA) is 113 Å². The number of fused-ring (bicyclic) bond motifs is 1. The van der Waals surface area contributed by atoms with Gasteiger partial charge in [0.1, 0.15) is 12.4 Å². The first-order valence-electron chi connectivity index (χ1n) is 6.80. The predicted octanol–water partition coefficient (Wildman–Crippen LogP) is 0.237. The largest absolute Gasteiger partial charge is 0.465 e. The molecule has 3 N–H and O–H groups in total. The number of aromatic nitrogens is 2. The summed E-state index contributed by atoms with van der Waals surface area (Å²) in [4.78, 5) is 32.7. The van der Waals surface area contributed by atoms with Crippen molar-refractivity contribution >= 4 is 22.9 Å². The lowest BCUT2D eigenvalue weighted by Gasteiger charge is -2.37. The predicted molar refractivity (Wildman–Crippen MR) is 77.7 cm³/mol. The number of rotatable bonds is 2. The van der Waals surface area contributed by atoms with Gasteiger partial charge in [-0.05, 0) is 11.6 Å². The Morgan fingerprint density at radius 2 is 2.23 bits per heavy atom. The van der Waals surface area contributed by atoms with Crippen LogP contribution in [0.4, 0.5) is 4.79 Å². The quantitative estimate of drug-likeness (QED) is 0.607. The van der Waals surface area contributed by atoms with Gasteiger partial charge in [0.25, 0.3) is 5.91 Å². The zero-order chi connectivity index (χ0) is 15.7. The lowest BCUT2D eigenvalue weighted by Crippen LogP contribution is -2.61. The number of carbonyl (C=O) groups excluding carboxylic acids is 1. The van der Waals surface area contributed by atoms with E-state index in [2.05, 4.69) is 9.97 Å². The van der Waals surface area contributed by atoms with Gasteiger partial charge in [0, 0.05) is 24.5 Å². The van der Waals surface area contributed by atoms with Crippen LogP contribution in [0.1, 0.15) is 5.56 Å². The summed E-state index contributed by atoms with van der Waals surface area (Å²) in [7, 11) is 0. The highest BCUT2D eigenvalue weighted by Gasteiger charge is 2.36. The molecule has 1 aromatic heterocycles. The van der Waals surface area contributed by atoms with Gasteiger partial charge in [-0.25, -0.2) is 20.6 Å². The molecule has 0 bridgehead atoms. The molecular weight excluding hydrogens is 286 g/mol. The van der Waals surface area contributed by atoms with Crippen LogP contribution in [0.2, 0.25) is 0 Å². The Bertz CT molecular complexity index is 735. The molecule has 1 saturated heterocycles. The van der Waals surface area contributed by atoms with E-state index in [4.69, 9.17) is 5.84 Å². The van der Waals surface area contributed by atoms with Crippen LogP contribution < -0.4 is 5.84 Å². The lowest BCUT2D eigenvalue weighted by molar-refractivity contribution is -0.140. The van der Waals surface area contributed by atoms with E-state index in [0.29, 0.717) is 0 Å². The number of hydrogen-bond acceptors (Lipinski definition) is 5. The number of benzene rings is 1. The van der Waals surface area contributed by atoms with Crippen LogP contribution in [-0.2, 0) is 11.2 Å². The van der Waals surface area contributed by atoms with E-state index in [1.807, 2.05) is 18.2 Å². The molecule has 1 aliphatic rings. The number of piperazine rings is 1. The van der Waals surface area contributed by atoms with Crippen molar-refractivity contribution in [2.75, 3.05) is 13.1 Å². The summed E-state index contributed by atoms with van der Waals surface area (Å²) in [5.74, 6) is 5.23. The molecule has 0 aliphatic carbocycles. The number of carbonyl (C=O) groups is 2. The maximum absolute atomic E-state index is 12.2. The minimum absolute atomic E-state index is 0.201. The molecule has 0 saturated carbocycles. The highest BCUT2D eigenvalue weighted by atomic mass is 16.4. The standard InChI is InChI=1S/C14H15N5O3/c15-19-4-3-18(14(21)22)12(13(19)20)6-9-1-2-10-7-16-8-17-11(10)5-9/h1-2,5,7-8,12H,3-4,6,15H2,(H,21,22). The third-order valence-electron chi connectivity index (χ3n) is 3.77. The number of carboxylic acid groups (broad SMARTS) is 1. The van der Waals surface area contributed by atoms with Crippen LogP contribution in [0.25, 0.3) is 10.9 Å². The molecule has 1 unspecified atom stereocenters. The third-order valence-corrected chi connectivity index (χ3v) is 3.77. The summed E-state index contributed by atoms with van der Waals surface area (Å²) in [6, 6.07) is 4.72. The van der Waals surface area contributed by atoms with E-state index in [0.717, 1.165) is 26.4 Å². The van der Waals surface area contributed by atoms with Gasteiger partial charge >= 0.3 is 6.09 Å². The van der Waals surface area contributed by atoms with Gasteiger partial charge in [0.2, 0.25) is 0 Å². The number of hydrazine groups is 1. The smallest absolute Gasteiger partial charge is 0.408 e. The van der Waals surface area contributed by atoms with Crippen LogP contribution >= 0.6 is 0 Å². The van der Waals surface area contributed by atoms with Crippen LogP contribution in [0, 0.1) is 0 Å². The molecule has 8 nitrogen and oxygen atoms in total. The summed E-state index contributed by atoms with van der Waals surface area (Å²) < 4.78 is 0. The van der Waals surface area contributed by atoms with Crippen molar-refractivity contribution in [1.29, 1.82) is 0 Å². The minimum atomic E-state index is -1.12. The van der Waals surface area contributed by atoms with E-state index in [9.17, 15) is 14.7 Å². The van der Waals surface area contributed by atoms with E-state index >= 15 is 0 Å². The number of nitrogens with zero attached hydrogens (tertiary/aromatic N) is 4. The third kappa shape index (κ3) is 2.56. The normalized spacial score (nSPS) is 18.8. The Morgan fingerprint density at radius 3 is 3.00 bits per heavy atom. The molecule has 2 heterocycles. The molecule has 8 heteroatoms. The molecular formula is C14H15N5O3. The first kappa shape index (κ1) is 14.2. The van der Waals surface area contributed by atoms with Crippen molar-refractivity contribution in [1.82, 2.24) is 19.9 Å². The Hall–Kier alpha value is -2.74. The number of nitrogens with two attached hydrogens (primary N) is 1. The fraction of sp³-hybridized carbons (Fsp3) is 0.286. The zero-order valence-electron chi connectivity index (χ0n) is 11.7. The number of amides is 2. The molecule has 2 amide bonds. The van der Waals surface area contributed by atoms with E-state index in [-0.39, 0.29) is 19.5 Å². The summed E-state index contributed by atoms with van der Waals surface area (Å²) in [5.41, 5.74) is 1.58. The highest BCUT2D eigenvalue weighted by molar-refractivity contribution is 5.86. The van der Waals surface area contributed by atoms with Crippen LogP contribution in [-0.4, -0.2) is 56.1 Å². The molecule has 1 atom stereocenters. The molecule has 0 spiro atoms. The van der Waals surface area contributed by atoms with Gasteiger partial charge in [0.05, 0.1) is 12.1 Å². The molecule has 1 fully saturated rings. The Morgan fingerprint density at radius 1 is 1.41 bits per heavy atom. The van der Waals surface area contributed by atoms with Crippen LogP contribution in [0.15, 0.2) is 30.7 Å². The van der Waals surface area contributed by atoms with Gasteiger partial charge < -0.3 is 5.11 Å². The second-order valence-corrected chi connectivity index (χ2v) is 5.14. The van der Waals surface area contributed by atoms with E-state index < -0.39 is 18.0 Å². The van der Waals surface area contributed by atoms with Crippen molar-refractivity contribution in [3.05, 3.63) is 36.3 Å². The molecule has 3 rings (SSSR count). The molecule has 1 aliphatic heterocycles. The Labute approximate surface area is 126 Å². The molecule has 114 valence electrons. The van der Waals surface area contributed by atoms with Crippen molar-refractivity contribution in [2.24, 2.45) is 5.84 Å². The van der Waals surface area contributed by atoms with Crippen molar-refractivity contribution in [3.63, 3.8) is 0 Å². The monoisotopic (exact) mass is 301 g/mol. The van der Waals surface area contributed by atoms with Crippen LogP contribution in [0.3, 0.4) is 0 Å². The Balaban J connectivity index is 1.90. The summed E-state index contributed by atoms with van der Waals surface area (Å²) in [6.45, 7) is 0.407. The average molecular weight is 301 g/mol. The van der Waals surface area contributed by atoms with Gasteiger partial charge in [-0.3, -0.25) is 14.7 Å². The number of hydrogen-bond donors (Lipinski definition) is 2. The fourth-order valence-corrected chi connectivity index (χ4v) is 2.60. The summed E-state index contributed by atoms with van der Waals surface area (Å²) in [5, 5.41) is 11.2. The van der Waals surface area contributed by atoms with Crippen LogP contribution in [0.5, 0.6) is 0 Å². The molecule has 22 heavy (non-hydrogen) atoms. The highest BCUT2D eigenvalue weighted by Crippen LogP contribution is 2.18. The Kier molecular flexibility index (Phi) is 3.60. The minimum Gasteiger partial charge on any atom is -0.465 e. The first-order valence-corrected chi connectivity index (χ1v) is 6.80. The first-order chi connectivity index (χ1) is 10.6. The molecule has 2 aromatic rings. The maximum atomic E-state index is 12.2. The van der Waals surface area contributed by atoms with Gasteiger partial charge in [-0.15, -0.1) is 0 Å².